The van der Waals surface area contributed by atoms with Crippen molar-refractivity contribution in [1.82, 2.24) is 4.98 Å². The van der Waals surface area contributed by atoms with Gasteiger partial charge in [-0.25, -0.2) is 4.98 Å². The fourth-order valence-corrected chi connectivity index (χ4v) is 2.63. The van der Waals surface area contributed by atoms with Gasteiger partial charge in [-0.2, -0.15) is 11.8 Å². The lowest BCUT2D eigenvalue weighted by atomic mass is 10.2. The van der Waals surface area contributed by atoms with Crippen molar-refractivity contribution < 1.29 is 9.21 Å². The number of oxazole rings is 1. The lowest BCUT2D eigenvalue weighted by Crippen LogP contribution is -2.36. The van der Waals surface area contributed by atoms with E-state index >= 15 is 0 Å². The zero-order valence-corrected chi connectivity index (χ0v) is 12.8. The minimum absolute atomic E-state index is 0.158. The highest BCUT2D eigenvalue weighted by atomic mass is 32.2. The fraction of sp³-hybridized carbons (Fsp3) is 0.467. The minimum Gasteiger partial charge on any atom is -0.440 e. The molecule has 1 heterocycles. The maximum Gasteiger partial charge on any atom is 0.241 e. The molecule has 3 N–H and O–H groups in total. The summed E-state index contributed by atoms with van der Waals surface area (Å²) >= 11 is 1.68. The first-order valence-electron chi connectivity index (χ1n) is 7.13. The van der Waals surface area contributed by atoms with E-state index in [-0.39, 0.29) is 5.91 Å². The van der Waals surface area contributed by atoms with Crippen LogP contribution in [-0.4, -0.2) is 28.9 Å². The minimum atomic E-state index is -0.479. The van der Waals surface area contributed by atoms with Crippen molar-refractivity contribution in [2.45, 2.75) is 31.2 Å². The average Bonchev–Trinajstić information content (AvgIpc) is 3.24. The number of rotatable bonds is 6. The second-order valence-corrected chi connectivity index (χ2v) is 6.37. The molecule has 3 rings (SSSR count). The van der Waals surface area contributed by atoms with Crippen molar-refractivity contribution in [3.05, 3.63) is 24.1 Å². The number of carbonyl (C=O) groups excluding carboxylic acids is 1. The Morgan fingerprint density at radius 3 is 3.10 bits per heavy atom. The molecular formula is C15H19N3O2S. The highest BCUT2D eigenvalue weighted by Gasteiger charge is 2.28. The van der Waals surface area contributed by atoms with Crippen LogP contribution in [0.5, 0.6) is 0 Å². The van der Waals surface area contributed by atoms with Crippen LogP contribution in [0.15, 0.2) is 22.6 Å². The van der Waals surface area contributed by atoms with Gasteiger partial charge in [0.1, 0.15) is 5.52 Å². The van der Waals surface area contributed by atoms with Crippen molar-refractivity contribution in [1.29, 1.82) is 0 Å². The second kappa shape index (κ2) is 6.07. The van der Waals surface area contributed by atoms with Gasteiger partial charge in [-0.1, -0.05) is 0 Å². The molecule has 1 aliphatic carbocycles. The Morgan fingerprint density at radius 1 is 1.57 bits per heavy atom. The Morgan fingerprint density at radius 2 is 2.38 bits per heavy atom. The Kier molecular flexibility index (Phi) is 4.17. The molecule has 112 valence electrons. The second-order valence-electron chi connectivity index (χ2n) is 5.39. The number of aromatic nitrogens is 1. The number of thioether (sulfide) groups is 1. The van der Waals surface area contributed by atoms with Crippen LogP contribution >= 0.6 is 11.8 Å². The SMILES string of the molecule is CSCC[C@H](N)C(=O)Nc1ccc2oc(C3CC3)nc2c1. The largest absolute Gasteiger partial charge is 0.440 e. The summed E-state index contributed by atoms with van der Waals surface area (Å²) in [5, 5.41) is 2.84. The van der Waals surface area contributed by atoms with Crippen LogP contribution in [0.3, 0.4) is 0 Å². The molecule has 21 heavy (non-hydrogen) atoms. The van der Waals surface area contributed by atoms with Crippen LogP contribution in [0.25, 0.3) is 11.1 Å². The monoisotopic (exact) mass is 305 g/mol. The normalized spacial score (nSPS) is 16.1. The fourth-order valence-electron chi connectivity index (χ4n) is 2.14. The highest BCUT2D eigenvalue weighted by molar-refractivity contribution is 7.98. The first-order chi connectivity index (χ1) is 10.2. The van der Waals surface area contributed by atoms with Gasteiger partial charge >= 0.3 is 0 Å². The third kappa shape index (κ3) is 3.39. The number of hydrogen-bond donors (Lipinski definition) is 2. The zero-order chi connectivity index (χ0) is 14.8. The molecule has 5 nitrogen and oxygen atoms in total. The third-order valence-corrected chi connectivity index (χ3v) is 4.21. The van der Waals surface area contributed by atoms with Gasteiger partial charge in [-0.15, -0.1) is 0 Å². The number of hydrogen-bond acceptors (Lipinski definition) is 5. The first kappa shape index (κ1) is 14.4. The van der Waals surface area contributed by atoms with Crippen LogP contribution in [0, 0.1) is 0 Å². The van der Waals surface area contributed by atoms with E-state index in [1.54, 1.807) is 11.8 Å². The molecule has 1 fully saturated rings. The Bertz CT molecular complexity index is 651. The Balaban J connectivity index is 1.70. The Labute approximate surface area is 127 Å². The maximum absolute atomic E-state index is 12.0. The molecule has 0 unspecified atom stereocenters. The molecule has 0 aliphatic heterocycles. The zero-order valence-electron chi connectivity index (χ0n) is 12.0. The summed E-state index contributed by atoms with van der Waals surface area (Å²) in [6.07, 6.45) is 4.98. The van der Waals surface area contributed by atoms with Crippen molar-refractivity contribution in [3.8, 4) is 0 Å². The summed E-state index contributed by atoms with van der Waals surface area (Å²) < 4.78 is 5.70. The summed E-state index contributed by atoms with van der Waals surface area (Å²) in [6.45, 7) is 0. The number of anilines is 1. The summed E-state index contributed by atoms with van der Waals surface area (Å²) in [7, 11) is 0. The predicted octanol–water partition coefficient (Wildman–Crippen LogP) is 2.72. The van der Waals surface area contributed by atoms with E-state index in [0.717, 1.165) is 35.6 Å². The van der Waals surface area contributed by atoms with Gasteiger partial charge in [0.05, 0.1) is 6.04 Å². The number of carbonyl (C=O) groups is 1. The third-order valence-electron chi connectivity index (χ3n) is 3.57. The van der Waals surface area contributed by atoms with E-state index in [9.17, 15) is 4.79 Å². The molecule has 6 heteroatoms. The van der Waals surface area contributed by atoms with Gasteiger partial charge in [0.25, 0.3) is 0 Å². The maximum atomic E-state index is 12.0. The first-order valence-corrected chi connectivity index (χ1v) is 8.52. The summed E-state index contributed by atoms with van der Waals surface area (Å²) in [5.41, 5.74) is 8.12. The van der Waals surface area contributed by atoms with E-state index in [0.29, 0.717) is 18.0 Å². The van der Waals surface area contributed by atoms with Gasteiger partial charge in [-0.3, -0.25) is 4.79 Å². The topological polar surface area (TPSA) is 81.2 Å². The van der Waals surface area contributed by atoms with E-state index in [1.165, 1.54) is 0 Å². The predicted molar refractivity (Wildman–Crippen MR) is 85.6 cm³/mol. The van der Waals surface area contributed by atoms with Crippen molar-refractivity contribution in [3.63, 3.8) is 0 Å². The van der Waals surface area contributed by atoms with E-state index in [1.807, 2.05) is 24.5 Å². The molecule has 1 atom stereocenters. The molecule has 1 amide bonds. The molecule has 0 spiro atoms. The van der Waals surface area contributed by atoms with Crippen molar-refractivity contribution >= 4 is 34.5 Å². The summed E-state index contributed by atoms with van der Waals surface area (Å²) in [5.74, 6) is 2.01. The van der Waals surface area contributed by atoms with Crippen molar-refractivity contribution in [2.24, 2.45) is 5.73 Å². The van der Waals surface area contributed by atoms with E-state index in [4.69, 9.17) is 10.2 Å². The standard InChI is InChI=1S/C15H19N3O2S/c1-21-7-6-11(16)14(19)17-10-4-5-13-12(8-10)18-15(20-13)9-2-3-9/h4-5,8-9,11H,2-3,6-7,16H2,1H3,(H,17,19)/t11-/m0/s1. The number of amides is 1. The highest BCUT2D eigenvalue weighted by Crippen LogP contribution is 2.40. The molecule has 0 saturated heterocycles. The Hall–Kier alpha value is -1.53. The van der Waals surface area contributed by atoms with Crippen molar-refractivity contribution in [2.75, 3.05) is 17.3 Å². The van der Waals surface area contributed by atoms with Gasteiger partial charge < -0.3 is 15.5 Å². The number of nitrogens with one attached hydrogen (secondary N) is 1. The lowest BCUT2D eigenvalue weighted by molar-refractivity contribution is -0.117. The molecule has 1 aliphatic rings. The van der Waals surface area contributed by atoms with E-state index in [2.05, 4.69) is 10.3 Å². The van der Waals surface area contributed by atoms with Gasteiger partial charge in [0.15, 0.2) is 11.5 Å². The van der Waals surface area contributed by atoms with Crippen LogP contribution in [-0.2, 0) is 4.79 Å². The quantitative estimate of drug-likeness (QED) is 0.857. The molecule has 0 bridgehead atoms. The molecule has 1 saturated carbocycles. The molecular weight excluding hydrogens is 286 g/mol. The average molecular weight is 305 g/mol. The number of nitrogens with two attached hydrogens (primary N) is 1. The number of benzene rings is 1. The van der Waals surface area contributed by atoms with Gasteiger partial charge in [0, 0.05) is 11.6 Å². The number of nitrogens with zero attached hydrogens (tertiary/aromatic N) is 1. The summed E-state index contributed by atoms with van der Waals surface area (Å²) in [4.78, 5) is 16.5. The van der Waals surface area contributed by atoms with Crippen LogP contribution < -0.4 is 11.1 Å². The molecule has 1 aromatic carbocycles. The van der Waals surface area contributed by atoms with E-state index < -0.39 is 6.04 Å². The number of fused-ring (bicyclic) bond motifs is 1. The molecule has 1 aromatic heterocycles. The smallest absolute Gasteiger partial charge is 0.241 e. The van der Waals surface area contributed by atoms with Crippen LogP contribution in [0.2, 0.25) is 0 Å². The summed E-state index contributed by atoms with van der Waals surface area (Å²) in [6, 6.07) is 5.03. The van der Waals surface area contributed by atoms with Gasteiger partial charge in [0.2, 0.25) is 5.91 Å². The van der Waals surface area contributed by atoms with Gasteiger partial charge in [-0.05, 0) is 49.5 Å². The molecule has 2 aromatic rings. The molecule has 0 radical (unpaired) electrons. The van der Waals surface area contributed by atoms with Crippen LogP contribution in [0.4, 0.5) is 5.69 Å². The lowest BCUT2D eigenvalue weighted by Gasteiger charge is -2.11. The van der Waals surface area contributed by atoms with Crippen LogP contribution in [0.1, 0.15) is 31.1 Å².